The minimum Gasteiger partial charge on any atom is -0.507 e. The maximum Gasteiger partial charge on any atom is 0.235 e. The summed E-state index contributed by atoms with van der Waals surface area (Å²) >= 11 is 0. The third-order valence-electron chi connectivity index (χ3n) is 8.27. The van der Waals surface area contributed by atoms with Gasteiger partial charge in [-0.1, -0.05) is 20.8 Å². The van der Waals surface area contributed by atoms with Gasteiger partial charge in [-0.05, 0) is 51.4 Å². The molecule has 10 nitrogen and oxygen atoms in total. The monoisotopic (exact) mass is 545 g/mol. The lowest BCUT2D eigenvalue weighted by Crippen LogP contribution is -2.74. The number of amides is 1. The molecular formula is C28H36FN3O7. The summed E-state index contributed by atoms with van der Waals surface area (Å²) in [6.07, 6.45) is -0.233. The van der Waals surface area contributed by atoms with Crippen LogP contribution in [0.3, 0.4) is 0 Å². The number of likely N-dealkylation sites (N-methyl/N-ethyl adjacent to an activating group) is 1. The topological polar surface area (TPSA) is 158 Å². The Balaban J connectivity index is 1.79. The summed E-state index contributed by atoms with van der Waals surface area (Å²) in [5, 5.41) is 22.7. The van der Waals surface area contributed by atoms with Crippen molar-refractivity contribution in [2.24, 2.45) is 34.8 Å². The van der Waals surface area contributed by atoms with Crippen LogP contribution in [0.2, 0.25) is 0 Å². The molecule has 0 bridgehead atoms. The molecule has 0 aliphatic heterocycles. The Labute approximate surface area is 226 Å². The van der Waals surface area contributed by atoms with Crippen molar-refractivity contribution in [2.45, 2.75) is 51.8 Å². The van der Waals surface area contributed by atoms with E-state index < -0.39 is 75.9 Å². The molecule has 0 saturated heterocycles. The Morgan fingerprint density at radius 1 is 1.15 bits per heavy atom. The minimum absolute atomic E-state index is 0.0379. The summed E-state index contributed by atoms with van der Waals surface area (Å²) in [5.74, 6) is -12.3. The summed E-state index contributed by atoms with van der Waals surface area (Å²) in [6.45, 7) is 6.83. The fourth-order valence-electron chi connectivity index (χ4n) is 6.96. The van der Waals surface area contributed by atoms with E-state index in [1.807, 2.05) is 25.7 Å². The van der Waals surface area contributed by atoms with Crippen LogP contribution in [-0.2, 0) is 32.1 Å². The van der Waals surface area contributed by atoms with Crippen molar-refractivity contribution < 1.29 is 38.6 Å². The Morgan fingerprint density at radius 2 is 1.77 bits per heavy atom. The minimum atomic E-state index is -2.81. The molecule has 0 heterocycles. The Bertz CT molecular complexity index is 1290. The van der Waals surface area contributed by atoms with Gasteiger partial charge in [0.05, 0.1) is 17.5 Å². The lowest BCUT2D eigenvalue weighted by molar-refractivity contribution is -0.181. The summed E-state index contributed by atoms with van der Waals surface area (Å²) in [7, 11) is 4.81. The molecule has 3 aliphatic carbocycles. The molecule has 4 N–H and O–H groups in total. The van der Waals surface area contributed by atoms with Gasteiger partial charge in [0.1, 0.15) is 11.6 Å². The molecule has 6 atom stereocenters. The summed E-state index contributed by atoms with van der Waals surface area (Å²) in [5.41, 5.74) is 2.23. The van der Waals surface area contributed by atoms with E-state index in [4.69, 9.17) is 5.73 Å². The number of hydrogen-bond donors (Lipinski definition) is 3. The number of aromatic hydroxyl groups is 1. The molecule has 1 aromatic rings. The first kappa shape index (κ1) is 29.0. The van der Waals surface area contributed by atoms with Crippen LogP contribution in [0.1, 0.15) is 48.7 Å². The third kappa shape index (κ3) is 4.50. The van der Waals surface area contributed by atoms with Crippen molar-refractivity contribution >= 4 is 29.0 Å². The van der Waals surface area contributed by atoms with Gasteiger partial charge in [0, 0.05) is 30.1 Å². The highest BCUT2D eigenvalue weighted by Crippen LogP contribution is 2.51. The van der Waals surface area contributed by atoms with E-state index in [-0.39, 0.29) is 41.5 Å². The zero-order chi connectivity index (χ0) is 29.4. The molecule has 0 spiro atoms. The predicted molar refractivity (Wildman–Crippen MR) is 137 cm³/mol. The van der Waals surface area contributed by atoms with E-state index in [1.165, 1.54) is 25.1 Å². The molecule has 0 aromatic heterocycles. The number of rotatable bonds is 5. The molecule has 1 amide bonds. The Hall–Kier alpha value is -3.02. The van der Waals surface area contributed by atoms with Crippen LogP contribution in [0.5, 0.6) is 5.75 Å². The van der Waals surface area contributed by atoms with Crippen LogP contribution in [0.15, 0.2) is 6.07 Å². The van der Waals surface area contributed by atoms with Gasteiger partial charge in [0.15, 0.2) is 34.7 Å². The molecular weight excluding hydrogens is 509 g/mol. The van der Waals surface area contributed by atoms with Crippen LogP contribution in [-0.4, -0.2) is 88.4 Å². The Morgan fingerprint density at radius 3 is 2.31 bits per heavy atom. The molecule has 4 rings (SSSR count). The molecule has 1 aromatic carbocycles. The number of carbonyl (C=O) groups is 5. The van der Waals surface area contributed by atoms with E-state index in [9.17, 15) is 34.2 Å². The summed E-state index contributed by atoms with van der Waals surface area (Å²) < 4.78 is 15.4. The first-order valence-electron chi connectivity index (χ1n) is 13.0. The molecule has 2 fully saturated rings. The number of carbonyl (C=O) groups excluding carboxylic acids is 5. The van der Waals surface area contributed by atoms with E-state index in [0.717, 1.165) is 0 Å². The maximum absolute atomic E-state index is 15.4. The average molecular weight is 546 g/mol. The summed E-state index contributed by atoms with van der Waals surface area (Å²) in [4.78, 5) is 69.4. The maximum atomic E-state index is 15.4. The normalized spacial score (nSPS) is 30.9. The van der Waals surface area contributed by atoms with Gasteiger partial charge < -0.3 is 20.8 Å². The molecule has 212 valence electrons. The first-order chi connectivity index (χ1) is 17.9. The van der Waals surface area contributed by atoms with Crippen molar-refractivity contribution in [1.82, 2.24) is 9.80 Å². The largest absolute Gasteiger partial charge is 0.507 e. The van der Waals surface area contributed by atoms with Crippen molar-refractivity contribution in [2.75, 3.05) is 27.7 Å². The van der Waals surface area contributed by atoms with Gasteiger partial charge in [0.25, 0.3) is 0 Å². The van der Waals surface area contributed by atoms with E-state index in [0.29, 0.717) is 6.54 Å². The number of hydrogen-bond acceptors (Lipinski definition) is 9. The molecule has 2 saturated carbocycles. The van der Waals surface area contributed by atoms with Gasteiger partial charge in [0.2, 0.25) is 5.91 Å². The van der Waals surface area contributed by atoms with Crippen molar-refractivity contribution in [1.29, 1.82) is 0 Å². The van der Waals surface area contributed by atoms with Crippen LogP contribution >= 0.6 is 0 Å². The highest BCUT2D eigenvalue weighted by atomic mass is 19.1. The number of benzene rings is 1. The van der Waals surface area contributed by atoms with Gasteiger partial charge in [-0.2, -0.15) is 0 Å². The van der Waals surface area contributed by atoms with Crippen molar-refractivity contribution in [3.8, 4) is 5.75 Å². The Kier molecular flexibility index (Phi) is 7.11. The van der Waals surface area contributed by atoms with Crippen molar-refractivity contribution in [3.05, 3.63) is 28.6 Å². The predicted octanol–water partition coefficient (Wildman–Crippen LogP) is 0.484. The number of aliphatic hydroxyl groups is 1. The second kappa shape index (κ2) is 9.57. The second-order valence-corrected chi connectivity index (χ2v) is 12.7. The lowest BCUT2D eigenvalue weighted by Gasteiger charge is -2.52. The lowest BCUT2D eigenvalue weighted by atomic mass is 9.52. The number of Topliss-reactive ketones (excluding diaryl/α,β-unsaturated/α-hetero) is 4. The van der Waals surface area contributed by atoms with Crippen LogP contribution in [0.4, 0.5) is 4.39 Å². The number of phenols is 1. The van der Waals surface area contributed by atoms with Crippen LogP contribution in [0, 0.1) is 34.9 Å². The molecule has 39 heavy (non-hydrogen) atoms. The van der Waals surface area contributed by atoms with E-state index in [1.54, 1.807) is 7.05 Å². The fourth-order valence-corrected chi connectivity index (χ4v) is 6.96. The van der Waals surface area contributed by atoms with Crippen LogP contribution in [0.25, 0.3) is 0 Å². The first-order valence-corrected chi connectivity index (χ1v) is 13.0. The molecule has 11 heteroatoms. The number of halogens is 1. The number of nitrogens with zero attached hydrogens (tertiary/aromatic N) is 2. The van der Waals surface area contributed by atoms with E-state index >= 15 is 4.39 Å². The average Bonchev–Trinajstić information content (AvgIpc) is 2.77. The number of nitrogens with two attached hydrogens (primary N) is 1. The molecule has 2 unspecified atom stereocenters. The smallest absolute Gasteiger partial charge is 0.235 e. The zero-order valence-electron chi connectivity index (χ0n) is 23.1. The number of primary amides is 1. The highest BCUT2D eigenvalue weighted by molar-refractivity contribution is 6.32. The third-order valence-corrected chi connectivity index (χ3v) is 8.27. The second-order valence-electron chi connectivity index (χ2n) is 12.7. The van der Waals surface area contributed by atoms with Gasteiger partial charge in [-0.25, -0.2) is 4.39 Å². The van der Waals surface area contributed by atoms with Gasteiger partial charge >= 0.3 is 0 Å². The molecule has 3 aliphatic rings. The zero-order valence-corrected chi connectivity index (χ0v) is 23.1. The van der Waals surface area contributed by atoms with E-state index in [2.05, 4.69) is 0 Å². The number of ketones is 4. The van der Waals surface area contributed by atoms with Gasteiger partial charge in [-0.3, -0.25) is 28.9 Å². The van der Waals surface area contributed by atoms with Crippen LogP contribution < -0.4 is 5.73 Å². The number of fused-ring (bicyclic) bond motifs is 3. The highest BCUT2D eigenvalue weighted by Gasteiger charge is 2.69. The molecule has 0 radical (unpaired) electrons. The quantitative estimate of drug-likeness (QED) is 0.448. The van der Waals surface area contributed by atoms with Gasteiger partial charge in [-0.15, -0.1) is 0 Å². The fraction of sp³-hybridized carbons (Fsp3) is 0.607. The van der Waals surface area contributed by atoms with Crippen molar-refractivity contribution in [3.63, 3.8) is 0 Å². The number of phenolic OH excluding ortho intramolecular Hbond substituents is 1. The standard InChI is InChI=1S/C28H36FN3O7/c1-27(2,3)11-32(6)10-13-9-16(29)14-7-12-8-15-20(31(4)5)23(35)19(26(30)38)25(37)28(15,39)24(36)17(12)22(34)18(14)21(13)33/h9,12,15,17,19-20,33,39H,7-8,10-11H2,1-6H3,(H2,30,38)/t12-,15-,17?,19?,20-,28-/m0/s1. The SMILES string of the molecule is CN(Cc1cc(F)c2c(c1O)C(=O)C1C(=O)[C@]3(O)C(=O)C(C(N)=O)C(=O)[C@@H](N(C)C)[C@@H]3C[C@@H]1C2)CC(C)(C)C. The summed E-state index contributed by atoms with van der Waals surface area (Å²) in [6, 6.07) is -0.0130.